The highest BCUT2D eigenvalue weighted by Crippen LogP contribution is 2.55. The molecule has 0 aliphatic heterocycles. The molecule has 4 rings (SSSR count). The zero-order valence-corrected chi connectivity index (χ0v) is 18.6. The quantitative estimate of drug-likeness (QED) is 0.393. The summed E-state index contributed by atoms with van der Waals surface area (Å²) in [5.41, 5.74) is 2.10. The van der Waals surface area contributed by atoms with Crippen LogP contribution in [0.1, 0.15) is 52.0 Å². The number of rotatable bonds is 8. The van der Waals surface area contributed by atoms with Crippen LogP contribution in [0.3, 0.4) is 0 Å². The van der Waals surface area contributed by atoms with Crippen LogP contribution in [-0.2, 0) is 4.79 Å². The van der Waals surface area contributed by atoms with Gasteiger partial charge in [-0.15, -0.1) is 0 Å². The lowest BCUT2D eigenvalue weighted by Crippen LogP contribution is -2.40. The summed E-state index contributed by atoms with van der Waals surface area (Å²) in [6.45, 7) is 1.60. The van der Waals surface area contributed by atoms with Crippen molar-refractivity contribution >= 4 is 17.8 Å². The normalized spacial score (nSPS) is 19.7. The van der Waals surface area contributed by atoms with Crippen LogP contribution < -0.4 is 5.32 Å². The number of nitrogens with one attached hydrogen (secondary N) is 1. The molecule has 7 heteroatoms. The maximum atomic E-state index is 13.0. The van der Waals surface area contributed by atoms with Gasteiger partial charge in [0, 0.05) is 17.0 Å². The summed E-state index contributed by atoms with van der Waals surface area (Å²) >= 11 is 0. The molecule has 7 nitrogen and oxygen atoms in total. The molecule has 0 spiro atoms. The number of aromatic hydroxyl groups is 1. The van der Waals surface area contributed by atoms with E-state index in [0.717, 1.165) is 28.8 Å². The molecule has 0 saturated heterocycles. The van der Waals surface area contributed by atoms with Gasteiger partial charge in [-0.1, -0.05) is 61.5 Å². The number of hydrogen-bond acceptors (Lipinski definition) is 4. The largest absolute Gasteiger partial charge is 0.507 e. The summed E-state index contributed by atoms with van der Waals surface area (Å²) in [5, 5.41) is 31.4. The minimum absolute atomic E-state index is 0.0702. The van der Waals surface area contributed by atoms with Crippen molar-refractivity contribution < 1.29 is 29.7 Å². The fraction of sp³-hybridized carbons (Fsp3) is 0.222. The third-order valence-corrected chi connectivity index (χ3v) is 6.44. The summed E-state index contributed by atoms with van der Waals surface area (Å²) in [6, 6.07) is 21.6. The van der Waals surface area contributed by atoms with Crippen LogP contribution in [0.15, 0.2) is 72.8 Å². The van der Waals surface area contributed by atoms with Gasteiger partial charge in [-0.2, -0.15) is 0 Å². The minimum atomic E-state index is -1.34. The van der Waals surface area contributed by atoms with Crippen LogP contribution >= 0.6 is 0 Å². The minimum Gasteiger partial charge on any atom is -0.507 e. The van der Waals surface area contributed by atoms with Gasteiger partial charge in [-0.3, -0.25) is 9.59 Å². The van der Waals surface area contributed by atoms with E-state index in [0.29, 0.717) is 6.42 Å². The molecular weight excluding hydrogens is 434 g/mol. The van der Waals surface area contributed by atoms with Crippen molar-refractivity contribution in [2.24, 2.45) is 5.92 Å². The first-order chi connectivity index (χ1) is 16.2. The molecule has 0 heterocycles. The lowest BCUT2D eigenvalue weighted by molar-refractivity contribution is -0.141. The molecule has 3 aromatic carbocycles. The molecule has 1 unspecified atom stereocenters. The first kappa shape index (κ1) is 23.0. The Hall–Kier alpha value is -4.13. The van der Waals surface area contributed by atoms with E-state index in [1.807, 2.05) is 54.6 Å². The molecule has 1 aliphatic rings. The second kappa shape index (κ2) is 9.02. The predicted octanol–water partition coefficient (Wildman–Crippen LogP) is 4.52. The third kappa shape index (κ3) is 4.64. The summed E-state index contributed by atoms with van der Waals surface area (Å²) in [4.78, 5) is 35.9. The Morgan fingerprint density at radius 1 is 0.971 bits per heavy atom. The maximum absolute atomic E-state index is 13.0. The first-order valence-corrected chi connectivity index (χ1v) is 11.0. The van der Waals surface area contributed by atoms with Gasteiger partial charge in [0.25, 0.3) is 5.91 Å². The molecule has 4 N–H and O–H groups in total. The molecule has 3 atom stereocenters. The second-order valence-electron chi connectivity index (χ2n) is 8.84. The Bertz CT molecular complexity index is 1240. The lowest BCUT2D eigenvalue weighted by atomic mass is 9.94. The molecule has 1 saturated carbocycles. The number of carboxylic acids is 2. The van der Waals surface area contributed by atoms with Crippen molar-refractivity contribution in [2.45, 2.75) is 31.2 Å². The average Bonchev–Trinajstić information content (AvgIpc) is 3.52. The van der Waals surface area contributed by atoms with E-state index in [-0.39, 0.29) is 23.5 Å². The average molecular weight is 459 g/mol. The van der Waals surface area contributed by atoms with Gasteiger partial charge >= 0.3 is 11.9 Å². The number of hydrogen-bond donors (Lipinski definition) is 4. The summed E-state index contributed by atoms with van der Waals surface area (Å²) < 4.78 is 0. The number of aromatic carboxylic acids is 1. The highest BCUT2D eigenvalue weighted by molar-refractivity contribution is 5.99. The molecule has 3 aromatic rings. The van der Waals surface area contributed by atoms with Gasteiger partial charge in [0.05, 0.1) is 5.92 Å². The SMILES string of the molecule is C[C@H](CC1(NC(=O)c2ccc(O)c(C(=O)O)c2)C[C@H]1c1ccc(-c2ccccc2)cc1)C(=O)O. The molecule has 0 aromatic heterocycles. The van der Waals surface area contributed by atoms with Gasteiger partial charge in [0.15, 0.2) is 0 Å². The van der Waals surface area contributed by atoms with E-state index < -0.39 is 35.1 Å². The van der Waals surface area contributed by atoms with Crippen LogP contribution in [0.4, 0.5) is 0 Å². The highest BCUT2D eigenvalue weighted by atomic mass is 16.4. The van der Waals surface area contributed by atoms with Crippen molar-refractivity contribution in [1.29, 1.82) is 0 Å². The van der Waals surface area contributed by atoms with Crippen LogP contribution in [0.25, 0.3) is 11.1 Å². The Kier molecular flexibility index (Phi) is 6.11. The first-order valence-electron chi connectivity index (χ1n) is 11.0. The molecule has 1 amide bonds. The number of aliphatic carboxylic acids is 1. The second-order valence-corrected chi connectivity index (χ2v) is 8.84. The van der Waals surface area contributed by atoms with Crippen LogP contribution in [0.2, 0.25) is 0 Å². The number of amides is 1. The van der Waals surface area contributed by atoms with E-state index in [1.165, 1.54) is 6.07 Å². The summed E-state index contributed by atoms with van der Waals surface area (Å²) in [6.07, 6.45) is 0.813. The van der Waals surface area contributed by atoms with Crippen LogP contribution in [-0.4, -0.2) is 38.7 Å². The number of phenols is 1. The molecule has 34 heavy (non-hydrogen) atoms. The zero-order chi connectivity index (χ0) is 24.5. The van der Waals surface area contributed by atoms with Crippen LogP contribution in [0.5, 0.6) is 5.75 Å². The Morgan fingerprint density at radius 3 is 2.24 bits per heavy atom. The summed E-state index contributed by atoms with van der Waals surface area (Å²) in [5.74, 6) is -3.98. The van der Waals surface area contributed by atoms with E-state index in [4.69, 9.17) is 0 Å². The van der Waals surface area contributed by atoms with Gasteiger partial charge in [-0.05, 0) is 47.7 Å². The van der Waals surface area contributed by atoms with E-state index in [1.54, 1.807) is 6.92 Å². The van der Waals surface area contributed by atoms with Crippen molar-refractivity contribution in [1.82, 2.24) is 5.32 Å². The number of carbonyl (C=O) groups excluding carboxylic acids is 1. The monoisotopic (exact) mass is 459 g/mol. The third-order valence-electron chi connectivity index (χ3n) is 6.44. The van der Waals surface area contributed by atoms with Gasteiger partial charge in [-0.25, -0.2) is 4.79 Å². The molecule has 0 radical (unpaired) electrons. The van der Waals surface area contributed by atoms with E-state index in [9.17, 15) is 29.7 Å². The number of benzene rings is 3. The molecule has 1 aliphatic carbocycles. The zero-order valence-electron chi connectivity index (χ0n) is 18.6. The van der Waals surface area contributed by atoms with E-state index in [2.05, 4.69) is 5.32 Å². The van der Waals surface area contributed by atoms with Gasteiger partial charge in [0.1, 0.15) is 11.3 Å². The molecular formula is C27H25NO6. The maximum Gasteiger partial charge on any atom is 0.339 e. The Balaban J connectivity index is 1.59. The summed E-state index contributed by atoms with van der Waals surface area (Å²) in [7, 11) is 0. The fourth-order valence-corrected chi connectivity index (χ4v) is 4.48. The Labute approximate surface area is 196 Å². The molecule has 1 fully saturated rings. The van der Waals surface area contributed by atoms with Gasteiger partial charge in [0.2, 0.25) is 0 Å². The van der Waals surface area contributed by atoms with Crippen molar-refractivity contribution in [2.75, 3.05) is 0 Å². The standard InChI is InChI=1S/C27H25NO6/c1-16(25(31)32)14-27(28-24(30)20-11-12-23(29)21(13-20)26(33)34)15-22(27)19-9-7-18(8-10-19)17-5-3-2-4-6-17/h2-13,16,22,29H,14-15H2,1H3,(H,28,30)(H,31,32)(H,33,34)/t16-,22+,27?/m1/s1. The van der Waals surface area contributed by atoms with Crippen LogP contribution in [0, 0.1) is 5.92 Å². The smallest absolute Gasteiger partial charge is 0.339 e. The predicted molar refractivity (Wildman–Crippen MR) is 126 cm³/mol. The Morgan fingerprint density at radius 2 is 1.62 bits per heavy atom. The molecule has 174 valence electrons. The van der Waals surface area contributed by atoms with Crippen molar-refractivity contribution in [3.63, 3.8) is 0 Å². The van der Waals surface area contributed by atoms with E-state index >= 15 is 0 Å². The highest BCUT2D eigenvalue weighted by Gasteiger charge is 2.56. The number of carboxylic acid groups (broad SMARTS) is 2. The fourth-order valence-electron chi connectivity index (χ4n) is 4.48. The van der Waals surface area contributed by atoms with Crippen molar-refractivity contribution in [3.05, 3.63) is 89.5 Å². The lowest BCUT2D eigenvalue weighted by Gasteiger charge is -2.22. The van der Waals surface area contributed by atoms with Gasteiger partial charge < -0.3 is 20.6 Å². The topological polar surface area (TPSA) is 124 Å². The molecule has 0 bridgehead atoms. The van der Waals surface area contributed by atoms with Crippen molar-refractivity contribution in [3.8, 4) is 16.9 Å². The number of carbonyl (C=O) groups is 3.